The van der Waals surface area contributed by atoms with E-state index >= 15 is 0 Å². The van der Waals surface area contributed by atoms with Crippen molar-refractivity contribution in [1.29, 1.82) is 0 Å². The fraction of sp³-hybridized carbons (Fsp3) is 0.385. The van der Waals surface area contributed by atoms with Crippen molar-refractivity contribution in [2.45, 2.75) is 44.4 Å². The first-order chi connectivity index (χ1) is 13.6. The minimum absolute atomic E-state index is 0.212. The Kier molecular flexibility index (Phi) is 5.88. The van der Waals surface area contributed by atoms with Gasteiger partial charge in [0.25, 0.3) is 0 Å². The van der Waals surface area contributed by atoms with Crippen LogP contribution in [0.2, 0.25) is 5.02 Å². The Balaban J connectivity index is 1.45. The second-order valence-corrected chi connectivity index (χ2v) is 8.77. The van der Waals surface area contributed by atoms with Crippen molar-refractivity contribution in [3.8, 4) is 11.8 Å². The lowest BCUT2D eigenvalue weighted by atomic mass is 9.64. The zero-order valence-electron chi connectivity index (χ0n) is 16.1. The maximum atomic E-state index is 14.7. The molecule has 0 aliphatic heterocycles. The number of benzene rings is 2. The third kappa shape index (κ3) is 4.34. The molecule has 4 unspecified atom stereocenters. The van der Waals surface area contributed by atoms with Crippen LogP contribution in [0.5, 0.6) is 0 Å². The number of hydrogen-bond donors (Lipinski definition) is 0. The van der Waals surface area contributed by atoms with E-state index in [0.29, 0.717) is 22.4 Å². The van der Waals surface area contributed by atoms with Gasteiger partial charge in [-0.05, 0) is 104 Å². The van der Waals surface area contributed by atoms with Crippen molar-refractivity contribution in [2.24, 2.45) is 17.8 Å². The van der Waals surface area contributed by atoms with Crippen molar-refractivity contribution in [3.63, 3.8) is 0 Å². The molecule has 4 atom stereocenters. The molecule has 28 heavy (non-hydrogen) atoms. The SMILES string of the molecule is C=CC1CCC2CC(c3ccc(C#Cc4ccc(Cl)cc4)c(F)c3)CCC2C1. The van der Waals surface area contributed by atoms with Crippen LogP contribution in [0.25, 0.3) is 0 Å². The molecular weight excluding hydrogens is 367 g/mol. The highest BCUT2D eigenvalue weighted by atomic mass is 35.5. The van der Waals surface area contributed by atoms with Crippen molar-refractivity contribution < 1.29 is 4.39 Å². The molecule has 0 bridgehead atoms. The minimum Gasteiger partial charge on any atom is -0.206 e. The largest absolute Gasteiger partial charge is 0.206 e. The van der Waals surface area contributed by atoms with Gasteiger partial charge in [0.05, 0.1) is 5.56 Å². The van der Waals surface area contributed by atoms with Crippen LogP contribution in [-0.4, -0.2) is 0 Å². The summed E-state index contributed by atoms with van der Waals surface area (Å²) in [5.41, 5.74) is 2.43. The molecule has 2 saturated carbocycles. The monoisotopic (exact) mass is 392 g/mol. The quantitative estimate of drug-likeness (QED) is 0.369. The molecule has 144 valence electrons. The number of allylic oxidation sites excluding steroid dienone is 1. The van der Waals surface area contributed by atoms with Gasteiger partial charge in [0.1, 0.15) is 5.82 Å². The first kappa shape index (κ1) is 19.3. The van der Waals surface area contributed by atoms with Crippen LogP contribution < -0.4 is 0 Å². The highest BCUT2D eigenvalue weighted by molar-refractivity contribution is 6.30. The Bertz CT molecular complexity index is 902. The topological polar surface area (TPSA) is 0 Å². The Morgan fingerprint density at radius 2 is 1.68 bits per heavy atom. The molecule has 0 spiro atoms. The lowest BCUT2D eigenvalue weighted by Gasteiger charge is -2.41. The van der Waals surface area contributed by atoms with Crippen molar-refractivity contribution >= 4 is 11.6 Å². The summed E-state index contributed by atoms with van der Waals surface area (Å²) in [6.07, 6.45) is 9.63. The van der Waals surface area contributed by atoms with Crippen molar-refractivity contribution in [3.05, 3.63) is 82.6 Å². The number of rotatable bonds is 2. The van der Waals surface area contributed by atoms with Crippen LogP contribution in [0.4, 0.5) is 4.39 Å². The second-order valence-electron chi connectivity index (χ2n) is 8.34. The summed E-state index contributed by atoms with van der Waals surface area (Å²) in [7, 11) is 0. The third-order valence-electron chi connectivity index (χ3n) is 6.64. The van der Waals surface area contributed by atoms with Crippen molar-refractivity contribution in [2.75, 3.05) is 0 Å². The van der Waals surface area contributed by atoms with E-state index in [1.165, 1.54) is 38.5 Å². The van der Waals surface area contributed by atoms with E-state index in [0.717, 1.165) is 23.0 Å². The average Bonchev–Trinajstić information content (AvgIpc) is 2.73. The van der Waals surface area contributed by atoms with Gasteiger partial charge in [-0.25, -0.2) is 4.39 Å². The molecule has 4 rings (SSSR count). The van der Waals surface area contributed by atoms with Gasteiger partial charge in [0.15, 0.2) is 0 Å². The Hall–Kier alpha value is -2.04. The van der Waals surface area contributed by atoms with Crippen LogP contribution in [0.1, 0.15) is 61.1 Å². The normalized spacial score (nSPS) is 26.6. The zero-order valence-corrected chi connectivity index (χ0v) is 16.9. The molecule has 0 amide bonds. The predicted octanol–water partition coefficient (Wildman–Crippen LogP) is 7.36. The van der Waals surface area contributed by atoms with E-state index in [-0.39, 0.29) is 5.82 Å². The summed E-state index contributed by atoms with van der Waals surface area (Å²) in [6.45, 7) is 3.98. The lowest BCUT2D eigenvalue weighted by molar-refractivity contribution is 0.133. The smallest absolute Gasteiger partial charge is 0.139 e. The molecule has 2 aliphatic rings. The van der Waals surface area contributed by atoms with Gasteiger partial charge in [-0.2, -0.15) is 0 Å². The summed E-state index contributed by atoms with van der Waals surface area (Å²) in [5, 5.41) is 0.675. The van der Waals surface area contributed by atoms with Gasteiger partial charge in [-0.15, -0.1) is 6.58 Å². The van der Waals surface area contributed by atoms with Gasteiger partial charge >= 0.3 is 0 Å². The molecule has 0 N–H and O–H groups in total. The molecule has 0 nitrogen and oxygen atoms in total. The Labute approximate surface area is 172 Å². The summed E-state index contributed by atoms with van der Waals surface area (Å²) < 4.78 is 14.7. The van der Waals surface area contributed by atoms with Crippen LogP contribution in [0, 0.1) is 35.4 Å². The molecule has 0 aromatic heterocycles. The van der Waals surface area contributed by atoms with E-state index in [1.807, 2.05) is 18.2 Å². The Morgan fingerprint density at radius 3 is 2.43 bits per heavy atom. The predicted molar refractivity (Wildman–Crippen MR) is 115 cm³/mol. The van der Waals surface area contributed by atoms with E-state index < -0.39 is 0 Å². The maximum absolute atomic E-state index is 14.7. The molecule has 0 heterocycles. The highest BCUT2D eigenvalue weighted by Crippen LogP contribution is 2.47. The standard InChI is InChI=1S/C26H26ClF/c1-2-18-3-8-22-16-23(12-11-21(22)15-18)24-10-9-20(26(28)17-24)7-4-19-5-13-25(27)14-6-19/h2,5-6,9-10,13-14,17-18,21-23H,1,3,8,11-12,15-16H2. The van der Waals surface area contributed by atoms with Gasteiger partial charge < -0.3 is 0 Å². The molecule has 2 fully saturated rings. The van der Waals surface area contributed by atoms with E-state index in [2.05, 4.69) is 30.6 Å². The van der Waals surface area contributed by atoms with Gasteiger partial charge in [0.2, 0.25) is 0 Å². The summed E-state index contributed by atoms with van der Waals surface area (Å²) >= 11 is 5.89. The third-order valence-corrected chi connectivity index (χ3v) is 6.89. The molecular formula is C26H26ClF. The summed E-state index contributed by atoms with van der Waals surface area (Å²) in [5.74, 6) is 8.58. The fourth-order valence-corrected chi connectivity index (χ4v) is 5.13. The minimum atomic E-state index is -0.212. The lowest BCUT2D eigenvalue weighted by Crippen LogP contribution is -2.30. The summed E-state index contributed by atoms with van der Waals surface area (Å²) in [4.78, 5) is 0. The molecule has 2 aromatic rings. The second kappa shape index (κ2) is 8.54. The number of hydrogen-bond acceptors (Lipinski definition) is 0. The number of halogens is 2. The molecule has 0 radical (unpaired) electrons. The maximum Gasteiger partial charge on any atom is 0.139 e. The van der Waals surface area contributed by atoms with Gasteiger partial charge in [-0.3, -0.25) is 0 Å². The molecule has 2 heteroatoms. The first-order valence-corrected chi connectivity index (χ1v) is 10.7. The van der Waals surface area contributed by atoms with Crippen LogP contribution >= 0.6 is 11.6 Å². The highest BCUT2D eigenvalue weighted by Gasteiger charge is 2.35. The van der Waals surface area contributed by atoms with Crippen LogP contribution in [0.15, 0.2) is 55.1 Å². The average molecular weight is 393 g/mol. The first-order valence-electron chi connectivity index (χ1n) is 10.3. The molecule has 2 aromatic carbocycles. The van der Waals surface area contributed by atoms with E-state index in [4.69, 9.17) is 11.6 Å². The molecule has 0 saturated heterocycles. The molecule has 2 aliphatic carbocycles. The van der Waals surface area contributed by atoms with E-state index in [9.17, 15) is 4.39 Å². The summed E-state index contributed by atoms with van der Waals surface area (Å²) in [6, 6.07) is 12.9. The van der Waals surface area contributed by atoms with E-state index in [1.54, 1.807) is 18.2 Å². The van der Waals surface area contributed by atoms with Gasteiger partial charge in [0, 0.05) is 10.6 Å². The number of fused-ring (bicyclic) bond motifs is 1. The van der Waals surface area contributed by atoms with Crippen LogP contribution in [0.3, 0.4) is 0 Å². The Morgan fingerprint density at radius 1 is 0.929 bits per heavy atom. The fourth-order valence-electron chi connectivity index (χ4n) is 5.00. The van der Waals surface area contributed by atoms with Gasteiger partial charge in [-0.1, -0.05) is 35.6 Å². The zero-order chi connectivity index (χ0) is 19.5. The van der Waals surface area contributed by atoms with Crippen molar-refractivity contribution in [1.82, 2.24) is 0 Å². The van der Waals surface area contributed by atoms with Crippen LogP contribution in [-0.2, 0) is 0 Å².